The Balaban J connectivity index is 3.90. The van der Waals surface area contributed by atoms with E-state index in [1.54, 1.807) is 0 Å². The molecule has 0 nitrogen and oxygen atoms in total. The van der Waals surface area contributed by atoms with Crippen LogP contribution in [0.15, 0.2) is 34.9 Å². The molecular weight excluding hydrogens is 192 g/mol. The summed E-state index contributed by atoms with van der Waals surface area (Å²) in [4.78, 5) is 0. The van der Waals surface area contributed by atoms with Crippen molar-refractivity contribution in [2.24, 2.45) is 0 Å². The molecule has 0 aromatic rings. The van der Waals surface area contributed by atoms with Crippen LogP contribution in [0.4, 0.5) is 0 Å². The Morgan fingerprint density at radius 2 is 1.50 bits per heavy atom. The van der Waals surface area contributed by atoms with E-state index in [2.05, 4.69) is 52.8 Å². The predicted octanol–water partition coefficient (Wildman–Crippen LogP) is 5.82. The van der Waals surface area contributed by atoms with Crippen molar-refractivity contribution in [2.75, 3.05) is 0 Å². The second-order valence-corrected chi connectivity index (χ2v) is 4.91. The van der Waals surface area contributed by atoms with Crippen molar-refractivity contribution in [1.29, 1.82) is 0 Å². The van der Waals surface area contributed by atoms with Gasteiger partial charge in [0.2, 0.25) is 0 Å². The molecule has 0 radical (unpaired) electrons. The van der Waals surface area contributed by atoms with E-state index in [0.717, 1.165) is 6.42 Å². The van der Waals surface area contributed by atoms with E-state index >= 15 is 0 Å². The average molecular weight is 220 g/mol. The van der Waals surface area contributed by atoms with Crippen LogP contribution in [-0.4, -0.2) is 0 Å². The highest BCUT2D eigenvalue weighted by molar-refractivity contribution is 5.09. The van der Waals surface area contributed by atoms with Crippen LogP contribution in [-0.2, 0) is 0 Å². The SMILES string of the molecule is CCCC=C(C)CC=C(C)CCC=C(C)C. The minimum Gasteiger partial charge on any atom is -0.0856 e. The molecule has 0 atom stereocenters. The predicted molar refractivity (Wildman–Crippen MR) is 75.7 cm³/mol. The largest absolute Gasteiger partial charge is 0.0856 e. The van der Waals surface area contributed by atoms with Gasteiger partial charge in [0.15, 0.2) is 0 Å². The lowest BCUT2D eigenvalue weighted by Crippen LogP contribution is -1.80. The normalized spacial score (nSPS) is 12.8. The van der Waals surface area contributed by atoms with Gasteiger partial charge >= 0.3 is 0 Å². The molecule has 0 aromatic heterocycles. The summed E-state index contributed by atoms with van der Waals surface area (Å²) in [5, 5.41) is 0. The quantitative estimate of drug-likeness (QED) is 0.474. The van der Waals surface area contributed by atoms with Gasteiger partial charge < -0.3 is 0 Å². The Morgan fingerprint density at radius 1 is 0.812 bits per heavy atom. The molecule has 92 valence electrons. The fourth-order valence-electron chi connectivity index (χ4n) is 1.50. The van der Waals surface area contributed by atoms with Crippen molar-refractivity contribution in [2.45, 2.75) is 66.7 Å². The third kappa shape index (κ3) is 9.76. The maximum atomic E-state index is 2.38. The van der Waals surface area contributed by atoms with Crippen molar-refractivity contribution in [3.63, 3.8) is 0 Å². The third-order valence-electron chi connectivity index (χ3n) is 2.65. The molecule has 0 rings (SSSR count). The molecule has 0 aliphatic heterocycles. The van der Waals surface area contributed by atoms with Gasteiger partial charge in [0.25, 0.3) is 0 Å². The molecule has 0 aliphatic rings. The molecule has 0 aromatic carbocycles. The highest BCUT2D eigenvalue weighted by Crippen LogP contribution is 2.11. The summed E-state index contributed by atoms with van der Waals surface area (Å²) >= 11 is 0. The molecule has 0 aliphatic carbocycles. The summed E-state index contributed by atoms with van der Waals surface area (Å²) in [7, 11) is 0. The van der Waals surface area contributed by atoms with Crippen LogP contribution in [0, 0.1) is 0 Å². The third-order valence-corrected chi connectivity index (χ3v) is 2.65. The van der Waals surface area contributed by atoms with E-state index in [4.69, 9.17) is 0 Å². The fraction of sp³-hybridized carbons (Fsp3) is 0.625. The molecular formula is C16H28. The highest BCUT2D eigenvalue weighted by Gasteiger charge is 1.90. The molecule has 0 saturated heterocycles. The number of hydrogen-bond donors (Lipinski definition) is 0. The van der Waals surface area contributed by atoms with Crippen molar-refractivity contribution in [3.8, 4) is 0 Å². The molecule has 0 saturated carbocycles. The van der Waals surface area contributed by atoms with Crippen molar-refractivity contribution in [1.82, 2.24) is 0 Å². The molecule has 0 N–H and O–H groups in total. The average Bonchev–Trinajstić information content (AvgIpc) is 2.23. The van der Waals surface area contributed by atoms with Crippen LogP contribution in [0.1, 0.15) is 66.7 Å². The zero-order valence-corrected chi connectivity index (χ0v) is 11.8. The lowest BCUT2D eigenvalue weighted by atomic mass is 10.1. The summed E-state index contributed by atoms with van der Waals surface area (Å²) in [6.45, 7) is 11.0. The number of allylic oxidation sites excluding steroid dienone is 6. The van der Waals surface area contributed by atoms with Crippen LogP contribution in [0.3, 0.4) is 0 Å². The lowest BCUT2D eigenvalue weighted by Gasteiger charge is -2.00. The van der Waals surface area contributed by atoms with Crippen molar-refractivity contribution >= 4 is 0 Å². The first-order valence-electron chi connectivity index (χ1n) is 6.50. The van der Waals surface area contributed by atoms with Crippen LogP contribution < -0.4 is 0 Å². The number of unbranched alkanes of at least 4 members (excludes halogenated alkanes) is 1. The van der Waals surface area contributed by atoms with Gasteiger partial charge in [-0.25, -0.2) is 0 Å². The first kappa shape index (κ1) is 15.2. The fourth-order valence-corrected chi connectivity index (χ4v) is 1.50. The Hall–Kier alpha value is -0.780. The zero-order chi connectivity index (χ0) is 12.4. The van der Waals surface area contributed by atoms with Crippen LogP contribution in [0.25, 0.3) is 0 Å². The maximum Gasteiger partial charge on any atom is -0.0139 e. The van der Waals surface area contributed by atoms with E-state index in [0.29, 0.717) is 0 Å². The summed E-state index contributed by atoms with van der Waals surface area (Å²) in [6.07, 6.45) is 13.0. The summed E-state index contributed by atoms with van der Waals surface area (Å²) < 4.78 is 0. The van der Waals surface area contributed by atoms with E-state index in [9.17, 15) is 0 Å². The standard InChI is InChI=1S/C16H28/c1-6-7-10-15(4)12-13-16(5)11-8-9-14(2)3/h9-10,13H,6-8,11-12H2,1-5H3. The van der Waals surface area contributed by atoms with Crippen LogP contribution in [0.2, 0.25) is 0 Å². The molecule has 0 heteroatoms. The lowest BCUT2D eigenvalue weighted by molar-refractivity contribution is 0.932. The monoisotopic (exact) mass is 220 g/mol. The topological polar surface area (TPSA) is 0 Å². The van der Waals surface area contributed by atoms with E-state index in [-0.39, 0.29) is 0 Å². The molecule has 16 heavy (non-hydrogen) atoms. The van der Waals surface area contributed by atoms with Crippen LogP contribution in [0.5, 0.6) is 0 Å². The molecule has 0 fully saturated rings. The van der Waals surface area contributed by atoms with E-state index in [1.807, 2.05) is 0 Å². The minimum absolute atomic E-state index is 1.13. The first-order chi connectivity index (χ1) is 7.56. The van der Waals surface area contributed by atoms with Gasteiger partial charge in [0.05, 0.1) is 0 Å². The zero-order valence-electron chi connectivity index (χ0n) is 11.8. The van der Waals surface area contributed by atoms with Gasteiger partial charge in [-0.15, -0.1) is 0 Å². The Morgan fingerprint density at radius 3 is 2.06 bits per heavy atom. The van der Waals surface area contributed by atoms with Gasteiger partial charge in [0.1, 0.15) is 0 Å². The first-order valence-corrected chi connectivity index (χ1v) is 6.50. The number of rotatable bonds is 7. The Bertz CT molecular complexity index is 260. The summed E-state index contributed by atoms with van der Waals surface area (Å²) in [6, 6.07) is 0. The van der Waals surface area contributed by atoms with Gasteiger partial charge in [0, 0.05) is 0 Å². The number of hydrogen-bond acceptors (Lipinski definition) is 0. The summed E-state index contributed by atoms with van der Waals surface area (Å²) in [5.74, 6) is 0. The second kappa shape index (κ2) is 9.45. The van der Waals surface area contributed by atoms with E-state index < -0.39 is 0 Å². The van der Waals surface area contributed by atoms with Gasteiger partial charge in [-0.05, 0) is 53.4 Å². The van der Waals surface area contributed by atoms with Gasteiger partial charge in [-0.3, -0.25) is 0 Å². The second-order valence-electron chi connectivity index (χ2n) is 4.91. The summed E-state index contributed by atoms with van der Waals surface area (Å²) in [5.41, 5.74) is 4.44. The minimum atomic E-state index is 1.13. The molecule has 0 bridgehead atoms. The van der Waals surface area contributed by atoms with Crippen LogP contribution >= 0.6 is 0 Å². The van der Waals surface area contributed by atoms with Gasteiger partial charge in [-0.2, -0.15) is 0 Å². The molecule has 0 heterocycles. The van der Waals surface area contributed by atoms with Crippen molar-refractivity contribution in [3.05, 3.63) is 34.9 Å². The highest BCUT2D eigenvalue weighted by atomic mass is 14.0. The molecule has 0 unspecified atom stereocenters. The maximum absolute atomic E-state index is 2.38. The van der Waals surface area contributed by atoms with Crippen molar-refractivity contribution < 1.29 is 0 Å². The Labute approximate surface area is 102 Å². The molecule has 0 amide bonds. The Kier molecular flexibility index (Phi) is 8.99. The van der Waals surface area contributed by atoms with E-state index in [1.165, 1.54) is 42.4 Å². The molecule has 0 spiro atoms. The smallest absolute Gasteiger partial charge is 0.0139 e. The van der Waals surface area contributed by atoms with Gasteiger partial charge in [-0.1, -0.05) is 48.3 Å².